The molecule has 0 radical (unpaired) electrons. The number of aliphatic hydroxyl groups is 1. The van der Waals surface area contributed by atoms with Gasteiger partial charge in [0.15, 0.2) is 0 Å². The fraction of sp³-hybridized carbons (Fsp3) is 0.538. The van der Waals surface area contributed by atoms with Crippen LogP contribution >= 0.6 is 0 Å². The summed E-state index contributed by atoms with van der Waals surface area (Å²) in [5.74, 6) is 0. The minimum Gasteiger partial charge on any atom is -0.387 e. The van der Waals surface area contributed by atoms with Crippen LogP contribution in [0.25, 0.3) is 0 Å². The first-order valence-corrected chi connectivity index (χ1v) is 5.51. The molecule has 2 atom stereocenters. The molecule has 0 bridgehead atoms. The largest absolute Gasteiger partial charge is 0.387 e. The molecule has 0 heterocycles. The molecule has 0 spiro atoms. The van der Waals surface area contributed by atoms with E-state index in [0.717, 1.165) is 12.0 Å². The van der Waals surface area contributed by atoms with Crippen LogP contribution < -0.4 is 5.32 Å². The van der Waals surface area contributed by atoms with Gasteiger partial charge in [-0.05, 0) is 38.3 Å². The number of nitrogens with one attached hydrogen (secondary N) is 1. The monoisotopic (exact) mass is 205 g/mol. The smallest absolute Gasteiger partial charge is 0.0949 e. The van der Waals surface area contributed by atoms with Crippen LogP contribution in [0.4, 0.5) is 0 Å². The lowest BCUT2D eigenvalue weighted by Crippen LogP contribution is -2.45. The van der Waals surface area contributed by atoms with E-state index in [0.29, 0.717) is 0 Å². The zero-order valence-electron chi connectivity index (χ0n) is 9.62. The molecule has 82 valence electrons. The maximum atomic E-state index is 10.1. The second-order valence-electron chi connectivity index (χ2n) is 5.35. The van der Waals surface area contributed by atoms with Crippen molar-refractivity contribution in [1.82, 2.24) is 5.32 Å². The van der Waals surface area contributed by atoms with E-state index in [4.69, 9.17) is 0 Å². The van der Waals surface area contributed by atoms with Crippen molar-refractivity contribution in [3.8, 4) is 0 Å². The van der Waals surface area contributed by atoms with Gasteiger partial charge in [-0.1, -0.05) is 24.3 Å². The summed E-state index contributed by atoms with van der Waals surface area (Å²) >= 11 is 0. The molecule has 0 amide bonds. The Hall–Kier alpha value is -0.860. The SMILES string of the molecule is CC(C)(C)NC1Cc2ccccc2[C@@H]1O. The molecule has 1 aliphatic carbocycles. The first-order valence-electron chi connectivity index (χ1n) is 5.51. The number of hydrogen-bond acceptors (Lipinski definition) is 2. The standard InChI is InChI=1S/C13H19NO/c1-13(2,3)14-11-8-9-6-4-5-7-10(9)12(11)15/h4-7,11-12,14-15H,8H2,1-3H3/t11?,12-/m0/s1. The quantitative estimate of drug-likeness (QED) is 0.735. The van der Waals surface area contributed by atoms with Gasteiger partial charge in [0, 0.05) is 11.6 Å². The Kier molecular flexibility index (Phi) is 2.57. The molecule has 2 rings (SSSR count). The number of hydrogen-bond donors (Lipinski definition) is 2. The molecule has 2 nitrogen and oxygen atoms in total. The van der Waals surface area contributed by atoms with Crippen LogP contribution in [0, 0.1) is 0 Å². The molecule has 2 heteroatoms. The highest BCUT2D eigenvalue weighted by molar-refractivity contribution is 5.35. The minimum atomic E-state index is -0.361. The van der Waals surface area contributed by atoms with E-state index in [1.165, 1.54) is 5.56 Å². The van der Waals surface area contributed by atoms with E-state index in [-0.39, 0.29) is 17.7 Å². The lowest BCUT2D eigenvalue weighted by molar-refractivity contribution is 0.126. The highest BCUT2D eigenvalue weighted by Crippen LogP contribution is 2.31. The van der Waals surface area contributed by atoms with Crippen LogP contribution in [0.5, 0.6) is 0 Å². The molecule has 0 aliphatic heterocycles. The molecule has 0 saturated carbocycles. The van der Waals surface area contributed by atoms with Gasteiger partial charge in [-0.2, -0.15) is 0 Å². The number of rotatable bonds is 1. The third-order valence-corrected chi connectivity index (χ3v) is 2.81. The van der Waals surface area contributed by atoms with E-state index >= 15 is 0 Å². The molecular weight excluding hydrogens is 186 g/mol. The molecule has 1 aliphatic rings. The Bertz CT molecular complexity index is 354. The maximum Gasteiger partial charge on any atom is 0.0949 e. The molecule has 1 aromatic rings. The molecule has 1 unspecified atom stereocenters. The predicted octanol–water partition coefficient (Wildman–Crippen LogP) is 2.03. The number of fused-ring (bicyclic) bond motifs is 1. The van der Waals surface area contributed by atoms with Gasteiger partial charge in [0.25, 0.3) is 0 Å². The summed E-state index contributed by atoms with van der Waals surface area (Å²) in [6.07, 6.45) is 0.564. The Morgan fingerprint density at radius 1 is 1.27 bits per heavy atom. The van der Waals surface area contributed by atoms with Gasteiger partial charge in [0.1, 0.15) is 0 Å². The molecule has 2 N–H and O–H groups in total. The summed E-state index contributed by atoms with van der Waals surface area (Å²) in [5, 5.41) is 13.6. The van der Waals surface area contributed by atoms with Crippen molar-refractivity contribution in [3.63, 3.8) is 0 Å². The number of benzene rings is 1. The van der Waals surface area contributed by atoms with E-state index in [2.05, 4.69) is 32.2 Å². The summed E-state index contributed by atoms with van der Waals surface area (Å²) in [6, 6.07) is 8.29. The summed E-state index contributed by atoms with van der Waals surface area (Å²) in [7, 11) is 0. The van der Waals surface area contributed by atoms with Crippen LogP contribution in [0.15, 0.2) is 24.3 Å². The molecule has 1 aromatic carbocycles. The summed E-state index contributed by atoms with van der Waals surface area (Å²) in [5.41, 5.74) is 2.40. The van der Waals surface area contributed by atoms with Crippen molar-refractivity contribution in [1.29, 1.82) is 0 Å². The summed E-state index contributed by atoms with van der Waals surface area (Å²) < 4.78 is 0. The zero-order chi connectivity index (χ0) is 11.1. The fourth-order valence-electron chi connectivity index (χ4n) is 2.26. The van der Waals surface area contributed by atoms with Gasteiger partial charge in [0.2, 0.25) is 0 Å². The van der Waals surface area contributed by atoms with Crippen LogP contribution in [-0.4, -0.2) is 16.7 Å². The normalized spacial score (nSPS) is 25.3. The van der Waals surface area contributed by atoms with Crippen molar-refractivity contribution in [2.45, 2.75) is 44.9 Å². The van der Waals surface area contributed by atoms with Gasteiger partial charge in [-0.15, -0.1) is 0 Å². The Labute approximate surface area is 91.3 Å². The molecular formula is C13H19NO. The Balaban J connectivity index is 2.17. The third kappa shape index (κ3) is 2.21. The van der Waals surface area contributed by atoms with Crippen molar-refractivity contribution < 1.29 is 5.11 Å². The van der Waals surface area contributed by atoms with Gasteiger partial charge < -0.3 is 10.4 Å². The van der Waals surface area contributed by atoms with Gasteiger partial charge in [-0.3, -0.25) is 0 Å². The van der Waals surface area contributed by atoms with Crippen molar-refractivity contribution in [2.75, 3.05) is 0 Å². The first-order chi connectivity index (χ1) is 6.97. The van der Waals surface area contributed by atoms with Gasteiger partial charge in [0.05, 0.1) is 6.10 Å². The Morgan fingerprint density at radius 2 is 1.93 bits per heavy atom. The summed E-state index contributed by atoms with van der Waals surface area (Å²) in [6.45, 7) is 6.38. The lowest BCUT2D eigenvalue weighted by Gasteiger charge is -2.27. The predicted molar refractivity (Wildman–Crippen MR) is 61.8 cm³/mol. The highest BCUT2D eigenvalue weighted by Gasteiger charge is 2.32. The van der Waals surface area contributed by atoms with Crippen molar-refractivity contribution >= 4 is 0 Å². The van der Waals surface area contributed by atoms with E-state index < -0.39 is 0 Å². The molecule has 15 heavy (non-hydrogen) atoms. The topological polar surface area (TPSA) is 32.3 Å². The van der Waals surface area contributed by atoms with Crippen LogP contribution in [0.3, 0.4) is 0 Å². The average Bonchev–Trinajstić information content (AvgIpc) is 2.42. The average molecular weight is 205 g/mol. The summed E-state index contributed by atoms with van der Waals surface area (Å²) in [4.78, 5) is 0. The highest BCUT2D eigenvalue weighted by atomic mass is 16.3. The zero-order valence-corrected chi connectivity index (χ0v) is 9.62. The van der Waals surface area contributed by atoms with E-state index in [1.807, 2.05) is 18.2 Å². The van der Waals surface area contributed by atoms with E-state index in [9.17, 15) is 5.11 Å². The minimum absolute atomic E-state index is 0.0493. The van der Waals surface area contributed by atoms with Crippen molar-refractivity contribution in [2.24, 2.45) is 0 Å². The second kappa shape index (κ2) is 3.62. The third-order valence-electron chi connectivity index (χ3n) is 2.81. The fourth-order valence-corrected chi connectivity index (χ4v) is 2.26. The Morgan fingerprint density at radius 3 is 2.53 bits per heavy atom. The lowest BCUT2D eigenvalue weighted by atomic mass is 10.0. The molecule has 0 saturated heterocycles. The molecule has 0 aromatic heterocycles. The first kappa shape index (κ1) is 10.7. The van der Waals surface area contributed by atoms with Crippen LogP contribution in [0.2, 0.25) is 0 Å². The number of aliphatic hydroxyl groups excluding tert-OH is 1. The second-order valence-corrected chi connectivity index (χ2v) is 5.35. The van der Waals surface area contributed by atoms with E-state index in [1.54, 1.807) is 0 Å². The van der Waals surface area contributed by atoms with Gasteiger partial charge in [-0.25, -0.2) is 0 Å². The molecule has 0 fully saturated rings. The van der Waals surface area contributed by atoms with Crippen LogP contribution in [-0.2, 0) is 6.42 Å². The van der Waals surface area contributed by atoms with Crippen molar-refractivity contribution in [3.05, 3.63) is 35.4 Å². The van der Waals surface area contributed by atoms with Crippen LogP contribution in [0.1, 0.15) is 38.0 Å². The maximum absolute atomic E-state index is 10.1. The van der Waals surface area contributed by atoms with Gasteiger partial charge >= 0.3 is 0 Å².